The number of furan rings is 1. The number of carbonyl (C=O) groups is 1. The SMILES string of the molecule is CN(CCN1CCN(c2ccc(C(=O)N3CC[S+]([O-])CC3)cc2F)CC1)c1nc(N)n2nc(-c3ccco3)cc2n1. The Morgan fingerprint density at radius 1 is 1.12 bits per heavy atom. The second-order valence-electron chi connectivity index (χ2n) is 10.2. The van der Waals surface area contributed by atoms with E-state index in [0.29, 0.717) is 78.5 Å². The second kappa shape index (κ2) is 11.5. The molecule has 2 aliphatic rings. The number of rotatable bonds is 7. The maximum atomic E-state index is 15.1. The fourth-order valence-corrected chi connectivity index (χ4v) is 6.19. The lowest BCUT2D eigenvalue weighted by atomic mass is 10.1. The van der Waals surface area contributed by atoms with Gasteiger partial charge in [-0.15, -0.1) is 0 Å². The molecular formula is C27H32FN9O3S. The molecule has 4 aromatic rings. The smallest absolute Gasteiger partial charge is 0.254 e. The van der Waals surface area contributed by atoms with E-state index in [9.17, 15) is 9.35 Å². The minimum absolute atomic E-state index is 0.211. The quantitative estimate of drug-likeness (QED) is 0.321. The van der Waals surface area contributed by atoms with Crippen molar-refractivity contribution >= 4 is 40.3 Å². The summed E-state index contributed by atoms with van der Waals surface area (Å²) >= 11 is -0.872. The van der Waals surface area contributed by atoms with E-state index >= 15 is 4.39 Å². The highest BCUT2D eigenvalue weighted by atomic mass is 32.2. The molecule has 2 saturated heterocycles. The maximum absolute atomic E-state index is 15.1. The van der Waals surface area contributed by atoms with Crippen LogP contribution in [0.1, 0.15) is 10.4 Å². The zero-order chi connectivity index (χ0) is 28.5. The summed E-state index contributed by atoms with van der Waals surface area (Å²) in [4.78, 5) is 29.8. The molecule has 2 aliphatic heterocycles. The van der Waals surface area contributed by atoms with Gasteiger partial charge in [-0.05, 0) is 30.3 Å². The summed E-state index contributed by atoms with van der Waals surface area (Å²) in [6.45, 7) is 5.24. The average Bonchev–Trinajstić information content (AvgIpc) is 3.67. The number of halogens is 1. The van der Waals surface area contributed by atoms with Crippen molar-refractivity contribution in [2.24, 2.45) is 0 Å². The largest absolute Gasteiger partial charge is 0.616 e. The molecular weight excluding hydrogens is 549 g/mol. The predicted molar refractivity (Wildman–Crippen MR) is 155 cm³/mol. The minimum Gasteiger partial charge on any atom is -0.616 e. The minimum atomic E-state index is -0.872. The van der Waals surface area contributed by atoms with Crippen molar-refractivity contribution in [3.63, 3.8) is 0 Å². The summed E-state index contributed by atoms with van der Waals surface area (Å²) in [6.07, 6.45) is 1.59. The molecule has 1 amide bonds. The first-order valence-corrected chi connectivity index (χ1v) is 15.0. The number of anilines is 3. The molecule has 12 nitrogen and oxygen atoms in total. The number of fused-ring (bicyclic) bond motifs is 1. The lowest BCUT2D eigenvalue weighted by Gasteiger charge is -2.37. The zero-order valence-electron chi connectivity index (χ0n) is 22.8. The number of likely N-dealkylation sites (N-methyl/N-ethyl adjacent to an activating group) is 1. The molecule has 0 atom stereocenters. The molecule has 6 rings (SSSR count). The third kappa shape index (κ3) is 5.80. The first kappa shape index (κ1) is 27.3. The van der Waals surface area contributed by atoms with E-state index in [-0.39, 0.29) is 11.9 Å². The molecule has 2 N–H and O–H groups in total. The van der Waals surface area contributed by atoms with Gasteiger partial charge in [0.25, 0.3) is 5.91 Å². The van der Waals surface area contributed by atoms with Gasteiger partial charge in [0.15, 0.2) is 11.4 Å². The van der Waals surface area contributed by atoms with Gasteiger partial charge in [-0.25, -0.2) is 4.39 Å². The Hall–Kier alpha value is -3.88. The van der Waals surface area contributed by atoms with E-state index < -0.39 is 17.0 Å². The van der Waals surface area contributed by atoms with Crippen LogP contribution in [-0.2, 0) is 11.2 Å². The van der Waals surface area contributed by atoms with E-state index in [4.69, 9.17) is 10.2 Å². The van der Waals surface area contributed by atoms with Crippen LogP contribution in [0.5, 0.6) is 0 Å². The van der Waals surface area contributed by atoms with Crippen LogP contribution in [0.4, 0.5) is 22.0 Å². The molecule has 0 bridgehead atoms. The summed E-state index contributed by atoms with van der Waals surface area (Å²) in [5.74, 6) is 1.72. The molecule has 3 aromatic heterocycles. The molecule has 0 saturated carbocycles. The van der Waals surface area contributed by atoms with Gasteiger partial charge in [-0.1, -0.05) is 11.2 Å². The van der Waals surface area contributed by atoms with Crippen LogP contribution in [0, 0.1) is 5.82 Å². The Bertz CT molecular complexity index is 1520. The Labute approximate surface area is 239 Å². The predicted octanol–water partition coefficient (Wildman–Crippen LogP) is 1.57. The zero-order valence-corrected chi connectivity index (χ0v) is 23.6. The van der Waals surface area contributed by atoms with Gasteiger partial charge in [0.1, 0.15) is 23.0 Å². The Morgan fingerprint density at radius 2 is 1.90 bits per heavy atom. The number of benzene rings is 1. The topological polar surface area (TPSA) is 135 Å². The van der Waals surface area contributed by atoms with Gasteiger partial charge in [-0.3, -0.25) is 9.69 Å². The van der Waals surface area contributed by atoms with Crippen LogP contribution in [0.25, 0.3) is 17.1 Å². The van der Waals surface area contributed by atoms with E-state index in [0.717, 1.165) is 19.6 Å². The van der Waals surface area contributed by atoms with E-state index in [1.807, 2.05) is 29.0 Å². The Kier molecular flexibility index (Phi) is 7.69. The summed E-state index contributed by atoms with van der Waals surface area (Å²) < 4.78 is 33.6. The van der Waals surface area contributed by atoms with Gasteiger partial charge in [0.2, 0.25) is 11.9 Å². The van der Waals surface area contributed by atoms with Crippen molar-refractivity contribution in [2.45, 2.75) is 0 Å². The van der Waals surface area contributed by atoms with Crippen molar-refractivity contribution < 1.29 is 18.2 Å². The van der Waals surface area contributed by atoms with Gasteiger partial charge in [0.05, 0.1) is 25.0 Å². The first-order chi connectivity index (χ1) is 19.9. The molecule has 0 radical (unpaired) electrons. The van der Waals surface area contributed by atoms with Crippen molar-refractivity contribution in [3.05, 3.63) is 54.0 Å². The molecule has 0 aliphatic carbocycles. The van der Waals surface area contributed by atoms with E-state index in [1.54, 1.807) is 29.4 Å². The third-order valence-corrected chi connectivity index (χ3v) is 8.85. The van der Waals surface area contributed by atoms with Gasteiger partial charge < -0.3 is 29.4 Å². The van der Waals surface area contributed by atoms with Gasteiger partial charge in [-0.2, -0.15) is 19.6 Å². The lowest BCUT2D eigenvalue weighted by molar-refractivity contribution is 0.0769. The van der Waals surface area contributed by atoms with Crippen LogP contribution in [-0.4, -0.2) is 111 Å². The fraction of sp³-hybridized carbons (Fsp3) is 0.407. The average molecular weight is 582 g/mol. The highest BCUT2D eigenvalue weighted by Gasteiger charge is 2.26. The number of nitrogen functional groups attached to an aromatic ring is 1. The van der Waals surface area contributed by atoms with Crippen LogP contribution in [0.3, 0.4) is 0 Å². The van der Waals surface area contributed by atoms with Gasteiger partial charge in [0, 0.05) is 57.9 Å². The lowest BCUT2D eigenvalue weighted by Crippen LogP contribution is -2.48. The normalized spacial score (nSPS) is 17.0. The van der Waals surface area contributed by atoms with E-state index in [1.165, 1.54) is 10.6 Å². The molecule has 1 aromatic carbocycles. The highest BCUT2D eigenvalue weighted by Crippen LogP contribution is 2.24. The number of piperazine rings is 1. The van der Waals surface area contributed by atoms with Crippen molar-refractivity contribution in [3.8, 4) is 11.5 Å². The number of nitrogens with two attached hydrogens (primary N) is 1. The van der Waals surface area contributed by atoms with Crippen LogP contribution in [0.2, 0.25) is 0 Å². The summed E-state index contributed by atoms with van der Waals surface area (Å²) in [7, 11) is 1.92. The fourth-order valence-electron chi connectivity index (χ4n) is 5.14. The molecule has 0 spiro atoms. The molecule has 0 unspecified atom stereocenters. The number of hydrogen-bond acceptors (Lipinski definition) is 10. The number of amides is 1. The molecule has 41 heavy (non-hydrogen) atoms. The molecule has 2 fully saturated rings. The summed E-state index contributed by atoms with van der Waals surface area (Å²) in [5.41, 5.74) is 8.21. The van der Waals surface area contributed by atoms with Crippen molar-refractivity contribution in [2.75, 3.05) is 86.4 Å². The monoisotopic (exact) mass is 581 g/mol. The third-order valence-electron chi connectivity index (χ3n) is 7.58. The number of aromatic nitrogens is 4. The van der Waals surface area contributed by atoms with Crippen LogP contribution in [0.15, 0.2) is 47.1 Å². The van der Waals surface area contributed by atoms with Gasteiger partial charge >= 0.3 is 0 Å². The first-order valence-electron chi connectivity index (χ1n) is 13.5. The number of nitrogens with zero attached hydrogens (tertiary/aromatic N) is 8. The van der Waals surface area contributed by atoms with Crippen molar-refractivity contribution in [1.29, 1.82) is 0 Å². The standard InChI is InChI=1S/C27H32FN9O3S/c1-33(27-30-24-18-21(23-3-2-14-40-23)32-37(24)26(29)31-27)6-7-34-8-10-35(11-9-34)22-5-4-19(17-20(22)28)25(38)36-12-15-41(39)16-13-36/h2-5,14,17-18H,6-13,15-16H2,1H3,(H2,29,30,31). The van der Waals surface area contributed by atoms with E-state index in [2.05, 4.69) is 20.0 Å². The number of carbonyl (C=O) groups excluding carboxylic acids is 1. The summed E-state index contributed by atoms with van der Waals surface area (Å²) in [5, 5.41) is 4.44. The molecule has 216 valence electrons. The molecule has 14 heteroatoms. The second-order valence-corrected chi connectivity index (χ2v) is 11.9. The maximum Gasteiger partial charge on any atom is 0.254 e. The van der Waals surface area contributed by atoms with Crippen LogP contribution >= 0.6 is 0 Å². The molecule has 5 heterocycles. The Balaban J connectivity index is 1.02. The highest BCUT2D eigenvalue weighted by molar-refractivity contribution is 7.91. The number of hydrogen-bond donors (Lipinski definition) is 1. The van der Waals surface area contributed by atoms with Crippen LogP contribution < -0.4 is 15.5 Å². The van der Waals surface area contributed by atoms with Crippen molar-refractivity contribution in [1.82, 2.24) is 29.4 Å². The summed E-state index contributed by atoms with van der Waals surface area (Å²) in [6, 6.07) is 10.1. The Morgan fingerprint density at radius 3 is 2.61 bits per heavy atom.